The van der Waals surface area contributed by atoms with Crippen molar-refractivity contribution in [3.8, 4) is 0 Å². The lowest BCUT2D eigenvalue weighted by molar-refractivity contribution is 0.101. The molecular weight excluding hydrogens is 347 g/mol. The van der Waals surface area contributed by atoms with Gasteiger partial charge < -0.3 is 4.90 Å². The second kappa shape index (κ2) is 6.57. The largest absolute Gasteiger partial charge is 0.367 e. The molecule has 1 aliphatic heterocycles. The van der Waals surface area contributed by atoms with Crippen LogP contribution >= 0.6 is 0 Å². The third kappa shape index (κ3) is 3.42. The zero-order valence-electron chi connectivity index (χ0n) is 14.0. The van der Waals surface area contributed by atoms with Crippen molar-refractivity contribution in [2.75, 3.05) is 31.1 Å². The predicted octanol–water partition coefficient (Wildman–Crippen LogP) is 1.27. The van der Waals surface area contributed by atoms with Crippen LogP contribution in [0.15, 0.2) is 35.5 Å². The number of carbonyl (C=O) groups excluding carboxylic acids is 1. The summed E-state index contributed by atoms with van der Waals surface area (Å²) < 4.78 is 42.2. The molecule has 0 unspecified atom stereocenters. The van der Waals surface area contributed by atoms with Gasteiger partial charge in [0.15, 0.2) is 5.78 Å². The van der Waals surface area contributed by atoms with E-state index in [4.69, 9.17) is 0 Å². The molecular formula is C16H19FN4O3S. The number of rotatable bonds is 4. The maximum Gasteiger partial charge on any atom is 0.246 e. The van der Waals surface area contributed by atoms with Crippen molar-refractivity contribution in [2.24, 2.45) is 7.05 Å². The van der Waals surface area contributed by atoms with Gasteiger partial charge in [0.1, 0.15) is 10.7 Å². The van der Waals surface area contributed by atoms with E-state index in [9.17, 15) is 17.6 Å². The molecule has 0 N–H and O–H groups in total. The van der Waals surface area contributed by atoms with Crippen LogP contribution in [0.5, 0.6) is 0 Å². The highest BCUT2D eigenvalue weighted by atomic mass is 32.2. The van der Waals surface area contributed by atoms with Gasteiger partial charge in [0.2, 0.25) is 10.0 Å². The molecule has 0 radical (unpaired) electrons. The summed E-state index contributed by atoms with van der Waals surface area (Å²) in [5.74, 6) is -0.672. The number of aromatic nitrogens is 2. The number of anilines is 1. The Morgan fingerprint density at radius 3 is 2.40 bits per heavy atom. The lowest BCUT2D eigenvalue weighted by atomic mass is 10.1. The number of hydrogen-bond acceptors (Lipinski definition) is 5. The highest BCUT2D eigenvalue weighted by Gasteiger charge is 2.30. The molecule has 0 aliphatic carbocycles. The van der Waals surface area contributed by atoms with Gasteiger partial charge in [0.05, 0.1) is 11.9 Å². The minimum atomic E-state index is -3.59. The number of piperazine rings is 1. The second-order valence-electron chi connectivity index (χ2n) is 5.96. The van der Waals surface area contributed by atoms with E-state index < -0.39 is 15.8 Å². The summed E-state index contributed by atoms with van der Waals surface area (Å²) in [7, 11) is -1.93. The summed E-state index contributed by atoms with van der Waals surface area (Å²) in [5, 5.41) is 3.90. The Bertz CT molecular complexity index is 902. The Hall–Kier alpha value is -2.26. The number of aryl methyl sites for hydroxylation is 1. The molecule has 0 saturated carbocycles. The summed E-state index contributed by atoms with van der Waals surface area (Å²) in [5.41, 5.74) is 0.697. The summed E-state index contributed by atoms with van der Waals surface area (Å²) in [6.07, 6.45) is 2.78. The van der Waals surface area contributed by atoms with E-state index in [0.29, 0.717) is 24.3 Å². The monoisotopic (exact) mass is 366 g/mol. The first-order chi connectivity index (χ1) is 11.8. The van der Waals surface area contributed by atoms with Crippen molar-refractivity contribution in [2.45, 2.75) is 11.8 Å². The Morgan fingerprint density at radius 1 is 1.20 bits per heavy atom. The molecule has 2 aromatic rings. The molecule has 1 aromatic heterocycles. The third-order valence-electron chi connectivity index (χ3n) is 4.25. The molecule has 2 heterocycles. The lowest BCUT2D eigenvalue weighted by Gasteiger charge is -2.35. The minimum absolute atomic E-state index is 0.153. The van der Waals surface area contributed by atoms with Gasteiger partial charge in [0, 0.05) is 45.0 Å². The highest BCUT2D eigenvalue weighted by molar-refractivity contribution is 7.89. The van der Waals surface area contributed by atoms with Crippen molar-refractivity contribution in [1.29, 1.82) is 0 Å². The topological polar surface area (TPSA) is 75.5 Å². The van der Waals surface area contributed by atoms with Gasteiger partial charge in [0.25, 0.3) is 0 Å². The van der Waals surface area contributed by atoms with Crippen molar-refractivity contribution in [3.05, 3.63) is 42.0 Å². The van der Waals surface area contributed by atoms with Crippen LogP contribution in [0.4, 0.5) is 10.1 Å². The maximum absolute atomic E-state index is 14.3. The molecule has 1 aliphatic rings. The molecule has 0 spiro atoms. The first kappa shape index (κ1) is 17.6. The van der Waals surface area contributed by atoms with Crippen LogP contribution in [-0.4, -0.2) is 54.5 Å². The van der Waals surface area contributed by atoms with Gasteiger partial charge in [-0.25, -0.2) is 12.8 Å². The van der Waals surface area contributed by atoms with E-state index in [0.717, 1.165) is 0 Å². The number of benzene rings is 1. The fourth-order valence-electron chi connectivity index (χ4n) is 2.83. The van der Waals surface area contributed by atoms with E-state index in [1.807, 2.05) is 0 Å². The SMILES string of the molecule is CC(=O)c1ccc(N2CCN(S(=O)(=O)c3cnn(C)c3)CC2)c(F)c1. The van der Waals surface area contributed by atoms with Crippen LogP contribution in [-0.2, 0) is 17.1 Å². The Morgan fingerprint density at radius 2 is 1.88 bits per heavy atom. The number of hydrogen-bond donors (Lipinski definition) is 0. The molecule has 1 aromatic carbocycles. The second-order valence-corrected chi connectivity index (χ2v) is 7.90. The van der Waals surface area contributed by atoms with Crippen molar-refractivity contribution in [3.63, 3.8) is 0 Å². The molecule has 3 rings (SSSR count). The predicted molar refractivity (Wildman–Crippen MR) is 90.6 cm³/mol. The average Bonchev–Trinajstić information content (AvgIpc) is 3.02. The smallest absolute Gasteiger partial charge is 0.246 e. The Balaban J connectivity index is 1.73. The normalized spacial score (nSPS) is 16.2. The molecule has 0 atom stereocenters. The van der Waals surface area contributed by atoms with E-state index in [2.05, 4.69) is 5.10 Å². The van der Waals surface area contributed by atoms with Crippen LogP contribution in [0.2, 0.25) is 0 Å². The molecule has 0 amide bonds. The van der Waals surface area contributed by atoms with Crippen LogP contribution < -0.4 is 4.90 Å². The van der Waals surface area contributed by atoms with E-state index in [-0.39, 0.29) is 23.8 Å². The summed E-state index contributed by atoms with van der Waals surface area (Å²) in [6, 6.07) is 4.37. The van der Waals surface area contributed by atoms with Crippen molar-refractivity contribution in [1.82, 2.24) is 14.1 Å². The number of Topliss-reactive ketones (excluding diaryl/α,β-unsaturated/α-hetero) is 1. The number of carbonyl (C=O) groups is 1. The van der Waals surface area contributed by atoms with Gasteiger partial charge >= 0.3 is 0 Å². The Kier molecular flexibility index (Phi) is 4.61. The summed E-state index contributed by atoms with van der Waals surface area (Å²) in [4.78, 5) is 13.3. The third-order valence-corrected chi connectivity index (χ3v) is 6.10. The molecule has 0 bridgehead atoms. The van der Waals surface area contributed by atoms with Crippen LogP contribution in [0.3, 0.4) is 0 Å². The average molecular weight is 366 g/mol. The first-order valence-electron chi connectivity index (χ1n) is 7.83. The molecule has 7 nitrogen and oxygen atoms in total. The van der Waals surface area contributed by atoms with Gasteiger partial charge in [-0.1, -0.05) is 0 Å². The van der Waals surface area contributed by atoms with Gasteiger partial charge in [-0.05, 0) is 25.1 Å². The zero-order chi connectivity index (χ0) is 18.2. The van der Waals surface area contributed by atoms with Crippen molar-refractivity contribution < 1.29 is 17.6 Å². The lowest BCUT2D eigenvalue weighted by Crippen LogP contribution is -2.48. The number of nitrogens with zero attached hydrogens (tertiary/aromatic N) is 4. The summed E-state index contributed by atoms with van der Waals surface area (Å²) in [6.45, 7) is 2.64. The molecule has 9 heteroatoms. The molecule has 1 saturated heterocycles. The standard InChI is InChI=1S/C16H19FN4O3S/c1-12(22)13-3-4-16(15(17)9-13)20-5-7-21(8-6-20)25(23,24)14-10-18-19(2)11-14/h3-4,9-11H,5-8H2,1-2H3. The number of ketones is 1. The molecule has 1 fully saturated rings. The zero-order valence-corrected chi connectivity index (χ0v) is 14.8. The number of sulfonamides is 1. The highest BCUT2D eigenvalue weighted by Crippen LogP contribution is 2.24. The van der Waals surface area contributed by atoms with Crippen LogP contribution in [0, 0.1) is 5.82 Å². The van der Waals surface area contributed by atoms with E-state index >= 15 is 0 Å². The first-order valence-corrected chi connectivity index (χ1v) is 9.27. The molecule has 25 heavy (non-hydrogen) atoms. The van der Waals surface area contributed by atoms with Crippen molar-refractivity contribution >= 4 is 21.5 Å². The van der Waals surface area contributed by atoms with Gasteiger partial charge in [-0.15, -0.1) is 0 Å². The number of halogens is 1. The van der Waals surface area contributed by atoms with E-state index in [1.165, 1.54) is 34.4 Å². The fraction of sp³-hybridized carbons (Fsp3) is 0.375. The Labute approximate surface area is 145 Å². The van der Waals surface area contributed by atoms with Crippen LogP contribution in [0.25, 0.3) is 0 Å². The maximum atomic E-state index is 14.3. The van der Waals surface area contributed by atoms with Gasteiger partial charge in [-0.2, -0.15) is 9.40 Å². The summed E-state index contributed by atoms with van der Waals surface area (Å²) >= 11 is 0. The minimum Gasteiger partial charge on any atom is -0.367 e. The van der Waals surface area contributed by atoms with Gasteiger partial charge in [-0.3, -0.25) is 9.48 Å². The fourth-order valence-corrected chi connectivity index (χ4v) is 4.24. The van der Waals surface area contributed by atoms with Crippen LogP contribution in [0.1, 0.15) is 17.3 Å². The van der Waals surface area contributed by atoms with E-state index in [1.54, 1.807) is 24.1 Å². The molecule has 134 valence electrons. The quantitative estimate of drug-likeness (QED) is 0.762.